The molecule has 7 heteroatoms. The zero-order valence-corrected chi connectivity index (χ0v) is 15.8. The summed E-state index contributed by atoms with van der Waals surface area (Å²) in [5, 5.41) is 7.55. The average molecular weight is 399 g/mol. The molecule has 23 heavy (non-hydrogen) atoms. The highest BCUT2D eigenvalue weighted by atomic mass is 79.9. The Labute approximate surface area is 148 Å². The fourth-order valence-corrected chi connectivity index (χ4v) is 3.33. The van der Waals surface area contributed by atoms with Crippen molar-refractivity contribution in [1.82, 2.24) is 15.6 Å². The Morgan fingerprint density at radius 1 is 1.35 bits per heavy atom. The summed E-state index contributed by atoms with van der Waals surface area (Å²) < 4.78 is 14.1. The number of thiazole rings is 1. The van der Waals surface area contributed by atoms with Gasteiger partial charge in [0, 0.05) is 35.9 Å². The summed E-state index contributed by atoms with van der Waals surface area (Å²) in [6, 6.07) is 4.64. The number of hydrogen-bond donors (Lipinski definition) is 2. The van der Waals surface area contributed by atoms with Crippen LogP contribution in [0.1, 0.15) is 21.1 Å². The van der Waals surface area contributed by atoms with E-state index in [1.165, 1.54) is 17.0 Å². The number of aliphatic imine (C=N–C) groups is 1. The van der Waals surface area contributed by atoms with Gasteiger partial charge in [0.05, 0.1) is 10.7 Å². The lowest BCUT2D eigenvalue weighted by Gasteiger charge is -2.12. The Morgan fingerprint density at radius 2 is 2.13 bits per heavy atom. The summed E-state index contributed by atoms with van der Waals surface area (Å²) in [7, 11) is 1.72. The molecular weight excluding hydrogens is 379 g/mol. The van der Waals surface area contributed by atoms with Crippen molar-refractivity contribution < 1.29 is 4.39 Å². The molecule has 0 fully saturated rings. The second-order valence-electron chi connectivity index (χ2n) is 5.09. The molecule has 0 saturated heterocycles. The van der Waals surface area contributed by atoms with E-state index in [2.05, 4.69) is 43.5 Å². The van der Waals surface area contributed by atoms with Crippen molar-refractivity contribution in [3.63, 3.8) is 0 Å². The van der Waals surface area contributed by atoms with Gasteiger partial charge in [0.1, 0.15) is 5.82 Å². The van der Waals surface area contributed by atoms with Crippen molar-refractivity contribution in [3.8, 4) is 0 Å². The lowest BCUT2D eigenvalue weighted by molar-refractivity contribution is 0.624. The maximum Gasteiger partial charge on any atom is 0.191 e. The van der Waals surface area contributed by atoms with Crippen molar-refractivity contribution in [3.05, 3.63) is 49.6 Å². The predicted molar refractivity (Wildman–Crippen MR) is 97.6 cm³/mol. The van der Waals surface area contributed by atoms with E-state index in [0.29, 0.717) is 12.5 Å². The highest BCUT2D eigenvalue weighted by molar-refractivity contribution is 9.10. The van der Waals surface area contributed by atoms with Crippen LogP contribution in [-0.4, -0.2) is 24.5 Å². The summed E-state index contributed by atoms with van der Waals surface area (Å²) in [6.07, 6.45) is 0.851. The van der Waals surface area contributed by atoms with Crippen LogP contribution in [0.15, 0.2) is 27.7 Å². The van der Waals surface area contributed by atoms with Crippen LogP contribution in [0.3, 0.4) is 0 Å². The second kappa shape index (κ2) is 8.40. The van der Waals surface area contributed by atoms with Crippen molar-refractivity contribution in [2.24, 2.45) is 4.99 Å². The number of hydrogen-bond acceptors (Lipinski definition) is 3. The molecular formula is C16H20BrFN4S. The summed E-state index contributed by atoms with van der Waals surface area (Å²) >= 11 is 5.15. The van der Waals surface area contributed by atoms with Crippen molar-refractivity contribution in [2.75, 3.05) is 13.6 Å². The first-order valence-corrected chi connectivity index (χ1v) is 8.92. The minimum absolute atomic E-state index is 0.248. The van der Waals surface area contributed by atoms with Gasteiger partial charge in [0.2, 0.25) is 0 Å². The normalized spacial score (nSPS) is 11.6. The average Bonchev–Trinajstić information content (AvgIpc) is 2.84. The lowest BCUT2D eigenvalue weighted by atomic mass is 10.2. The molecule has 0 unspecified atom stereocenters. The van der Waals surface area contributed by atoms with E-state index in [-0.39, 0.29) is 5.82 Å². The number of guanidine groups is 1. The van der Waals surface area contributed by atoms with E-state index in [0.717, 1.165) is 33.7 Å². The first-order chi connectivity index (χ1) is 11.0. The monoisotopic (exact) mass is 398 g/mol. The van der Waals surface area contributed by atoms with Gasteiger partial charge in [0.25, 0.3) is 0 Å². The third kappa shape index (κ3) is 5.28. The Morgan fingerprint density at radius 3 is 2.78 bits per heavy atom. The SMILES string of the molecule is CN=C(NCCc1nc(C)c(C)s1)NCc1cc(F)ccc1Br. The molecule has 1 aromatic carbocycles. The van der Waals surface area contributed by atoms with Crippen LogP contribution in [0.25, 0.3) is 0 Å². The molecule has 1 heterocycles. The van der Waals surface area contributed by atoms with Gasteiger partial charge in [-0.25, -0.2) is 9.37 Å². The number of rotatable bonds is 5. The maximum absolute atomic E-state index is 13.3. The van der Waals surface area contributed by atoms with Crippen LogP contribution in [0, 0.1) is 19.7 Å². The van der Waals surface area contributed by atoms with Crippen LogP contribution in [0.4, 0.5) is 4.39 Å². The largest absolute Gasteiger partial charge is 0.356 e. The van der Waals surface area contributed by atoms with Crippen molar-refractivity contribution in [2.45, 2.75) is 26.8 Å². The summed E-state index contributed by atoms with van der Waals surface area (Å²) in [5.41, 5.74) is 1.95. The molecule has 0 radical (unpaired) electrons. The molecule has 0 aliphatic carbocycles. The summed E-state index contributed by atoms with van der Waals surface area (Å²) in [6.45, 7) is 5.35. The Hall–Kier alpha value is -1.47. The first-order valence-electron chi connectivity index (χ1n) is 7.31. The van der Waals surface area contributed by atoms with Gasteiger partial charge >= 0.3 is 0 Å². The van der Waals surface area contributed by atoms with Crippen molar-refractivity contribution in [1.29, 1.82) is 0 Å². The van der Waals surface area contributed by atoms with E-state index in [9.17, 15) is 4.39 Å². The summed E-state index contributed by atoms with van der Waals surface area (Å²) in [5.74, 6) is 0.439. The van der Waals surface area contributed by atoms with E-state index in [4.69, 9.17) is 0 Å². The second-order valence-corrected chi connectivity index (χ2v) is 7.23. The summed E-state index contributed by atoms with van der Waals surface area (Å²) in [4.78, 5) is 9.96. The molecule has 2 rings (SSSR count). The number of nitrogens with zero attached hydrogens (tertiary/aromatic N) is 2. The molecule has 0 spiro atoms. The maximum atomic E-state index is 13.3. The molecule has 0 bridgehead atoms. The van der Waals surface area contributed by atoms with Crippen LogP contribution in [0.5, 0.6) is 0 Å². The van der Waals surface area contributed by atoms with Crippen molar-refractivity contribution >= 4 is 33.2 Å². The molecule has 0 atom stereocenters. The molecule has 0 aliphatic heterocycles. The number of benzene rings is 1. The number of aromatic nitrogens is 1. The zero-order valence-electron chi connectivity index (χ0n) is 13.4. The molecule has 4 nitrogen and oxygen atoms in total. The van der Waals surface area contributed by atoms with Crippen LogP contribution < -0.4 is 10.6 Å². The predicted octanol–water partition coefficient (Wildman–Crippen LogP) is 3.57. The van der Waals surface area contributed by atoms with Gasteiger partial charge in [-0.05, 0) is 37.6 Å². The fraction of sp³-hybridized carbons (Fsp3) is 0.375. The molecule has 0 saturated carbocycles. The van der Waals surface area contributed by atoms with Crippen LogP contribution in [0.2, 0.25) is 0 Å². The fourth-order valence-electron chi connectivity index (χ4n) is 2.01. The minimum atomic E-state index is -0.248. The number of halogens is 2. The van der Waals surface area contributed by atoms with Gasteiger partial charge in [-0.15, -0.1) is 11.3 Å². The van der Waals surface area contributed by atoms with Gasteiger partial charge in [-0.3, -0.25) is 4.99 Å². The Balaban J connectivity index is 1.82. The smallest absolute Gasteiger partial charge is 0.191 e. The topological polar surface area (TPSA) is 49.3 Å². The van der Waals surface area contributed by atoms with Gasteiger partial charge in [-0.1, -0.05) is 15.9 Å². The molecule has 124 valence electrons. The van der Waals surface area contributed by atoms with E-state index >= 15 is 0 Å². The van der Waals surface area contributed by atoms with Gasteiger partial charge in [-0.2, -0.15) is 0 Å². The first kappa shape index (κ1) is 17.9. The number of nitrogens with one attached hydrogen (secondary N) is 2. The molecule has 0 amide bonds. The molecule has 2 aromatic rings. The number of aryl methyl sites for hydroxylation is 2. The quantitative estimate of drug-likeness (QED) is 0.597. The van der Waals surface area contributed by atoms with E-state index < -0.39 is 0 Å². The third-order valence-electron chi connectivity index (χ3n) is 3.38. The Kier molecular flexibility index (Phi) is 6.53. The highest BCUT2D eigenvalue weighted by Gasteiger charge is 2.06. The molecule has 0 aliphatic rings. The highest BCUT2D eigenvalue weighted by Crippen LogP contribution is 2.18. The third-order valence-corrected chi connectivity index (χ3v) is 5.29. The van der Waals surface area contributed by atoms with Crippen LogP contribution >= 0.6 is 27.3 Å². The molecule has 2 N–H and O–H groups in total. The molecule has 1 aromatic heterocycles. The Bertz CT molecular complexity index is 680. The standard InChI is InChI=1S/C16H20BrFN4S/c1-10-11(2)23-15(22-10)6-7-20-16(19-3)21-9-12-8-13(18)4-5-14(12)17/h4-5,8H,6-7,9H2,1-3H3,(H2,19,20,21). The van der Waals surface area contributed by atoms with E-state index in [1.54, 1.807) is 24.5 Å². The zero-order chi connectivity index (χ0) is 16.8. The van der Waals surface area contributed by atoms with Crippen LogP contribution in [-0.2, 0) is 13.0 Å². The van der Waals surface area contributed by atoms with E-state index in [1.807, 2.05) is 6.92 Å². The lowest BCUT2D eigenvalue weighted by Crippen LogP contribution is -2.37. The van der Waals surface area contributed by atoms with Gasteiger partial charge < -0.3 is 10.6 Å². The minimum Gasteiger partial charge on any atom is -0.356 e. The van der Waals surface area contributed by atoms with Gasteiger partial charge in [0.15, 0.2) is 5.96 Å².